The van der Waals surface area contributed by atoms with E-state index < -0.39 is 95.4 Å². The number of amides is 1. The Labute approximate surface area is 289 Å². The Morgan fingerprint density at radius 1 is 1.12 bits per heavy atom. The molecule has 0 spiro atoms. The molecule has 4 saturated heterocycles. The smallest absolute Gasteiger partial charge is 0.348 e. The third-order valence-electron chi connectivity index (χ3n) is 9.69. The lowest BCUT2D eigenvalue weighted by molar-refractivity contribution is -0.201. The zero-order chi connectivity index (χ0) is 36.0. The van der Waals surface area contributed by atoms with E-state index in [4.69, 9.17) is 33.3 Å². The van der Waals surface area contributed by atoms with Gasteiger partial charge < -0.3 is 38.8 Å². The minimum Gasteiger partial charge on any atom is -0.462 e. The van der Waals surface area contributed by atoms with Crippen molar-refractivity contribution in [1.82, 2.24) is 10.4 Å². The molecule has 1 aromatic rings. The molecule has 1 aromatic carbocycles. The lowest BCUT2D eigenvalue weighted by atomic mass is 9.62. The normalized spacial score (nSPS) is 31.9. The van der Waals surface area contributed by atoms with E-state index in [1.807, 2.05) is 0 Å². The highest BCUT2D eigenvalue weighted by Crippen LogP contribution is 2.55. The molecule has 1 amide bonds. The molecule has 15 nitrogen and oxygen atoms in total. The molecule has 0 aromatic heterocycles. The van der Waals surface area contributed by atoms with E-state index in [0.29, 0.717) is 11.1 Å². The van der Waals surface area contributed by atoms with Crippen LogP contribution in [0.15, 0.2) is 30.3 Å². The van der Waals surface area contributed by atoms with Crippen molar-refractivity contribution in [3.05, 3.63) is 41.5 Å². The van der Waals surface area contributed by atoms with Crippen LogP contribution in [-0.2, 0) is 63.8 Å². The average molecular weight is 701 g/mol. The number of cyclic esters (lactones) is 1. The number of aliphatic hydroxyl groups is 1. The van der Waals surface area contributed by atoms with Gasteiger partial charge in [-0.1, -0.05) is 38.1 Å². The summed E-state index contributed by atoms with van der Waals surface area (Å²) in [6, 6.07) is 5.09. The summed E-state index contributed by atoms with van der Waals surface area (Å²) in [7, 11) is 0. The van der Waals surface area contributed by atoms with Crippen molar-refractivity contribution in [2.45, 2.75) is 109 Å². The number of hydroxylamine groups is 2. The molecule has 272 valence electrons. The van der Waals surface area contributed by atoms with E-state index in [2.05, 4.69) is 5.32 Å². The predicted molar refractivity (Wildman–Crippen MR) is 170 cm³/mol. The largest absolute Gasteiger partial charge is 0.462 e. The van der Waals surface area contributed by atoms with Crippen LogP contribution in [0.1, 0.15) is 65.0 Å². The van der Waals surface area contributed by atoms with Crippen molar-refractivity contribution in [3.8, 4) is 0 Å². The molecule has 1 aliphatic carbocycles. The first-order valence-corrected chi connectivity index (χ1v) is 16.8. The Hall–Kier alpha value is -3.89. The molecular formula is C35H44N2O13. The van der Waals surface area contributed by atoms with Crippen LogP contribution in [0.3, 0.4) is 0 Å². The van der Waals surface area contributed by atoms with Gasteiger partial charge in [0.2, 0.25) is 12.0 Å². The molecule has 2 N–H and O–H groups in total. The standard InChI is InChI=1S/C35H44N2O13/c1-33(2,3)49-24(40)13-11-21(16-38)36-32(43)35-14-22-25-26(46-18-45-25)28(35)50-37(27(35)30(41)47-22)15-20-9-7-6-8-19(20)10-12-23(39)48-29-31(42)44-17-34(29,4)5/h6-10,12,21-22,25-29,38H,11,13-18H2,1-5H3,(H,36,43)/t21-,22+,25-,26-,27-,28+,29-,35-/m0/s1. The molecule has 15 heteroatoms. The summed E-state index contributed by atoms with van der Waals surface area (Å²) in [6.45, 7) is 8.42. The number of hydrogen-bond donors (Lipinski definition) is 2. The van der Waals surface area contributed by atoms with Crippen LogP contribution >= 0.6 is 0 Å². The zero-order valence-electron chi connectivity index (χ0n) is 28.7. The number of rotatable bonds is 11. The predicted octanol–water partition coefficient (Wildman–Crippen LogP) is 1.34. The van der Waals surface area contributed by atoms with Crippen molar-refractivity contribution < 1.29 is 62.3 Å². The van der Waals surface area contributed by atoms with Crippen molar-refractivity contribution in [1.29, 1.82) is 0 Å². The lowest BCUT2D eigenvalue weighted by Crippen LogP contribution is -2.70. The Morgan fingerprint density at radius 3 is 2.56 bits per heavy atom. The Bertz CT molecular complexity index is 1550. The van der Waals surface area contributed by atoms with Crippen LogP contribution in [0.5, 0.6) is 0 Å². The number of nitrogens with one attached hydrogen (secondary N) is 1. The van der Waals surface area contributed by atoms with Crippen molar-refractivity contribution >= 4 is 35.9 Å². The molecule has 1 saturated carbocycles. The first-order chi connectivity index (χ1) is 23.6. The monoisotopic (exact) mass is 700 g/mol. The van der Waals surface area contributed by atoms with Gasteiger partial charge in [-0.15, -0.1) is 0 Å². The van der Waals surface area contributed by atoms with Gasteiger partial charge in [-0.05, 0) is 44.4 Å². The summed E-state index contributed by atoms with van der Waals surface area (Å²) in [5.41, 5.74) is -1.59. The highest BCUT2D eigenvalue weighted by molar-refractivity contribution is 5.94. The van der Waals surface area contributed by atoms with Crippen LogP contribution in [0.4, 0.5) is 0 Å². The van der Waals surface area contributed by atoms with E-state index in [1.54, 1.807) is 58.9 Å². The van der Waals surface area contributed by atoms with Crippen LogP contribution in [0.25, 0.3) is 6.08 Å². The number of aliphatic hydroxyl groups excluding tert-OH is 1. The van der Waals surface area contributed by atoms with Gasteiger partial charge in [0.15, 0.2) is 6.04 Å². The fourth-order valence-corrected chi connectivity index (χ4v) is 7.30. The van der Waals surface area contributed by atoms with Crippen LogP contribution < -0.4 is 5.32 Å². The minimum absolute atomic E-state index is 0.00776. The van der Waals surface area contributed by atoms with Gasteiger partial charge in [-0.2, -0.15) is 5.06 Å². The number of fused-ring (bicyclic) bond motifs is 4. The topological polar surface area (TPSA) is 185 Å². The van der Waals surface area contributed by atoms with Crippen LogP contribution in [0, 0.1) is 10.8 Å². The summed E-state index contributed by atoms with van der Waals surface area (Å²) in [4.78, 5) is 71.8. The first kappa shape index (κ1) is 35.9. The van der Waals surface area contributed by atoms with E-state index in [1.165, 1.54) is 17.2 Å². The van der Waals surface area contributed by atoms with Crippen molar-refractivity contribution in [2.24, 2.45) is 10.8 Å². The highest BCUT2D eigenvalue weighted by atomic mass is 16.8. The SMILES string of the molecule is CC(C)(C)OC(=O)CC[C@@H](CO)NC(=O)[C@@]12C[C@H]3OC(=O)[C@@H]1N(Cc1ccccc1C=CC(=O)O[C@H]1C(=O)OCC1(C)C)O[C@@H]2[C@H]1OCO[C@H]13. The minimum atomic E-state index is -1.48. The summed E-state index contributed by atoms with van der Waals surface area (Å²) in [5, 5.41) is 14.4. The Kier molecular flexibility index (Phi) is 9.82. The van der Waals surface area contributed by atoms with Gasteiger partial charge in [-0.25, -0.2) is 9.59 Å². The second-order valence-corrected chi connectivity index (χ2v) is 15.0. The number of esters is 4. The molecule has 5 aliphatic rings. The maximum absolute atomic E-state index is 14.4. The van der Waals surface area contributed by atoms with Crippen LogP contribution in [-0.4, -0.2) is 108 Å². The number of carbonyl (C=O) groups is 5. The highest BCUT2D eigenvalue weighted by Gasteiger charge is 2.74. The molecule has 4 aliphatic heterocycles. The third kappa shape index (κ3) is 6.89. The van der Waals surface area contributed by atoms with E-state index in [9.17, 15) is 29.1 Å². The molecule has 2 bridgehead atoms. The molecule has 6 rings (SSSR count). The second-order valence-electron chi connectivity index (χ2n) is 15.0. The van der Waals surface area contributed by atoms with Crippen molar-refractivity contribution in [3.63, 3.8) is 0 Å². The van der Waals surface area contributed by atoms with E-state index >= 15 is 0 Å². The molecule has 8 atom stereocenters. The lowest BCUT2D eigenvalue weighted by Gasteiger charge is -2.49. The summed E-state index contributed by atoms with van der Waals surface area (Å²) in [5.74, 6) is -3.02. The van der Waals surface area contributed by atoms with Gasteiger partial charge in [0.1, 0.15) is 48.8 Å². The fourth-order valence-electron chi connectivity index (χ4n) is 7.30. The average Bonchev–Trinajstić information content (AvgIpc) is 3.74. The Balaban J connectivity index is 1.23. The van der Waals surface area contributed by atoms with Crippen molar-refractivity contribution in [2.75, 3.05) is 20.0 Å². The molecule has 0 unspecified atom stereocenters. The molecule has 50 heavy (non-hydrogen) atoms. The molecule has 5 fully saturated rings. The van der Waals surface area contributed by atoms with Gasteiger partial charge in [0, 0.05) is 24.3 Å². The quantitative estimate of drug-likeness (QED) is 0.191. The van der Waals surface area contributed by atoms with Gasteiger partial charge in [0.05, 0.1) is 19.2 Å². The summed E-state index contributed by atoms with van der Waals surface area (Å²) >= 11 is 0. The van der Waals surface area contributed by atoms with E-state index in [-0.39, 0.29) is 39.2 Å². The van der Waals surface area contributed by atoms with Gasteiger partial charge in [-0.3, -0.25) is 19.2 Å². The summed E-state index contributed by atoms with van der Waals surface area (Å²) < 4.78 is 33.3. The molecule has 0 radical (unpaired) electrons. The fraction of sp³-hybridized carbons (Fsp3) is 0.629. The first-order valence-electron chi connectivity index (χ1n) is 16.8. The Morgan fingerprint density at radius 2 is 1.86 bits per heavy atom. The number of ether oxygens (including phenoxy) is 6. The maximum atomic E-state index is 14.4. The van der Waals surface area contributed by atoms with E-state index in [0.717, 1.165) is 0 Å². The zero-order valence-corrected chi connectivity index (χ0v) is 28.7. The third-order valence-corrected chi connectivity index (χ3v) is 9.69. The number of hydrogen-bond acceptors (Lipinski definition) is 14. The number of carbonyl (C=O) groups excluding carboxylic acids is 5. The van der Waals surface area contributed by atoms with Gasteiger partial charge >= 0.3 is 23.9 Å². The van der Waals surface area contributed by atoms with Gasteiger partial charge in [0.25, 0.3) is 0 Å². The second kappa shape index (κ2) is 13.7. The summed E-state index contributed by atoms with van der Waals surface area (Å²) in [6.07, 6.45) is -1.23. The number of nitrogens with zero attached hydrogens (tertiary/aromatic N) is 1. The number of benzene rings is 1. The molecular weight excluding hydrogens is 656 g/mol. The maximum Gasteiger partial charge on any atom is 0.348 e. The van der Waals surface area contributed by atoms with Crippen LogP contribution in [0.2, 0.25) is 0 Å². The molecule has 4 heterocycles.